The molecule has 0 radical (unpaired) electrons. The number of nitrogens with zero attached hydrogens (tertiary/aromatic N) is 2. The van der Waals surface area contributed by atoms with Gasteiger partial charge >= 0.3 is 0 Å². The van der Waals surface area contributed by atoms with Crippen molar-refractivity contribution in [3.8, 4) is 0 Å². The van der Waals surface area contributed by atoms with E-state index in [1.54, 1.807) is 12.3 Å². The first-order valence-electron chi connectivity index (χ1n) is 4.60. The number of rotatable bonds is 3. The SMILES string of the molecule is Cn1ccnc1Sc1cc(F)cc(C=O)c1. The molecule has 1 aromatic heterocycles. The van der Waals surface area contributed by atoms with Crippen molar-refractivity contribution < 1.29 is 9.18 Å². The summed E-state index contributed by atoms with van der Waals surface area (Å²) < 4.78 is 15.0. The third kappa shape index (κ3) is 2.30. The van der Waals surface area contributed by atoms with Crippen LogP contribution in [0.25, 0.3) is 0 Å². The molecule has 0 unspecified atom stereocenters. The molecule has 16 heavy (non-hydrogen) atoms. The van der Waals surface area contributed by atoms with Crippen LogP contribution >= 0.6 is 11.8 Å². The average molecular weight is 236 g/mol. The lowest BCUT2D eigenvalue weighted by Gasteiger charge is -2.02. The Hall–Kier alpha value is -1.62. The summed E-state index contributed by atoms with van der Waals surface area (Å²) in [5.74, 6) is -0.415. The van der Waals surface area contributed by atoms with Crippen LogP contribution in [0.5, 0.6) is 0 Å². The largest absolute Gasteiger partial charge is 0.329 e. The topological polar surface area (TPSA) is 34.9 Å². The third-order valence-corrected chi connectivity index (χ3v) is 3.06. The van der Waals surface area contributed by atoms with E-state index < -0.39 is 5.82 Å². The summed E-state index contributed by atoms with van der Waals surface area (Å²) in [6, 6.07) is 4.22. The van der Waals surface area contributed by atoms with Gasteiger partial charge < -0.3 is 4.57 Å². The molecule has 2 rings (SSSR count). The zero-order valence-corrected chi connectivity index (χ0v) is 9.37. The molecular weight excluding hydrogens is 227 g/mol. The van der Waals surface area contributed by atoms with Crippen molar-refractivity contribution in [3.05, 3.63) is 42.0 Å². The van der Waals surface area contributed by atoms with Gasteiger partial charge in [-0.25, -0.2) is 9.37 Å². The Kier molecular flexibility index (Phi) is 3.05. The van der Waals surface area contributed by atoms with Gasteiger partial charge in [-0.3, -0.25) is 4.79 Å². The quantitative estimate of drug-likeness (QED) is 0.768. The Morgan fingerprint density at radius 2 is 2.25 bits per heavy atom. The maximum atomic E-state index is 13.1. The van der Waals surface area contributed by atoms with Crippen LogP contribution in [0, 0.1) is 5.82 Å². The molecule has 0 aliphatic carbocycles. The number of halogens is 1. The predicted octanol–water partition coefficient (Wildman–Crippen LogP) is 2.52. The standard InChI is InChI=1S/C11H9FN2OS/c1-14-3-2-13-11(14)16-10-5-8(7-15)4-9(12)6-10/h2-7H,1H3. The predicted molar refractivity (Wildman–Crippen MR) is 59.1 cm³/mol. The van der Waals surface area contributed by atoms with E-state index >= 15 is 0 Å². The summed E-state index contributed by atoms with van der Waals surface area (Å²) in [4.78, 5) is 15.4. The minimum atomic E-state index is -0.415. The summed E-state index contributed by atoms with van der Waals surface area (Å²) in [5, 5.41) is 0.752. The monoisotopic (exact) mass is 236 g/mol. The van der Waals surface area contributed by atoms with E-state index in [1.165, 1.54) is 23.9 Å². The van der Waals surface area contributed by atoms with Gasteiger partial charge in [0, 0.05) is 29.9 Å². The first kappa shape index (κ1) is 10.9. The van der Waals surface area contributed by atoms with Gasteiger partial charge in [0.15, 0.2) is 5.16 Å². The summed E-state index contributed by atoms with van der Waals surface area (Å²) in [6.45, 7) is 0. The van der Waals surface area contributed by atoms with Crippen LogP contribution in [0.15, 0.2) is 40.6 Å². The van der Waals surface area contributed by atoms with Gasteiger partial charge in [0.05, 0.1) is 0 Å². The Morgan fingerprint density at radius 3 is 2.88 bits per heavy atom. The van der Waals surface area contributed by atoms with E-state index in [2.05, 4.69) is 4.98 Å². The van der Waals surface area contributed by atoms with Crippen molar-refractivity contribution in [1.82, 2.24) is 9.55 Å². The molecule has 1 aromatic carbocycles. The Bertz CT molecular complexity index is 524. The van der Waals surface area contributed by atoms with E-state index in [4.69, 9.17) is 0 Å². The van der Waals surface area contributed by atoms with Gasteiger partial charge in [0.25, 0.3) is 0 Å². The average Bonchev–Trinajstić information content (AvgIpc) is 2.63. The van der Waals surface area contributed by atoms with Crippen molar-refractivity contribution in [2.45, 2.75) is 10.1 Å². The van der Waals surface area contributed by atoms with E-state index in [9.17, 15) is 9.18 Å². The highest BCUT2D eigenvalue weighted by atomic mass is 32.2. The summed E-state index contributed by atoms with van der Waals surface area (Å²) in [5.41, 5.74) is 0.330. The van der Waals surface area contributed by atoms with Crippen LogP contribution in [-0.4, -0.2) is 15.8 Å². The molecule has 0 aliphatic heterocycles. The second-order valence-corrected chi connectivity index (χ2v) is 4.30. The van der Waals surface area contributed by atoms with Gasteiger partial charge in [0.1, 0.15) is 12.1 Å². The lowest BCUT2D eigenvalue weighted by Crippen LogP contribution is -1.90. The van der Waals surface area contributed by atoms with Crippen molar-refractivity contribution in [2.75, 3.05) is 0 Å². The van der Waals surface area contributed by atoms with Crippen LogP contribution in [0.2, 0.25) is 0 Å². The zero-order chi connectivity index (χ0) is 11.5. The van der Waals surface area contributed by atoms with Crippen LogP contribution in [-0.2, 0) is 7.05 Å². The van der Waals surface area contributed by atoms with Crippen molar-refractivity contribution in [2.24, 2.45) is 7.05 Å². The molecule has 0 saturated carbocycles. The Morgan fingerprint density at radius 1 is 1.44 bits per heavy atom. The van der Waals surface area contributed by atoms with Crippen LogP contribution < -0.4 is 0 Å². The highest BCUT2D eigenvalue weighted by Crippen LogP contribution is 2.26. The first-order valence-corrected chi connectivity index (χ1v) is 5.41. The fourth-order valence-electron chi connectivity index (χ4n) is 1.27. The molecule has 0 bridgehead atoms. The first-order chi connectivity index (χ1) is 7.69. The molecule has 0 aliphatic rings. The number of carbonyl (C=O) groups is 1. The van der Waals surface area contributed by atoms with E-state index in [0.717, 1.165) is 5.16 Å². The van der Waals surface area contributed by atoms with Crippen LogP contribution in [0.4, 0.5) is 4.39 Å². The van der Waals surface area contributed by atoms with Crippen molar-refractivity contribution in [1.29, 1.82) is 0 Å². The van der Waals surface area contributed by atoms with Gasteiger partial charge in [-0.2, -0.15) is 0 Å². The normalized spacial score (nSPS) is 10.4. The highest BCUT2D eigenvalue weighted by molar-refractivity contribution is 7.99. The van der Waals surface area contributed by atoms with E-state index in [0.29, 0.717) is 16.7 Å². The van der Waals surface area contributed by atoms with Gasteiger partial charge in [0.2, 0.25) is 0 Å². The lowest BCUT2D eigenvalue weighted by molar-refractivity contribution is 0.112. The molecule has 0 fully saturated rings. The Labute approximate surface area is 96.3 Å². The minimum Gasteiger partial charge on any atom is -0.329 e. The van der Waals surface area contributed by atoms with E-state index in [-0.39, 0.29) is 0 Å². The Balaban J connectivity index is 2.31. The highest BCUT2D eigenvalue weighted by Gasteiger charge is 2.05. The maximum absolute atomic E-state index is 13.1. The molecule has 82 valence electrons. The summed E-state index contributed by atoms with van der Waals surface area (Å²) in [7, 11) is 1.86. The molecule has 0 saturated heterocycles. The second kappa shape index (κ2) is 4.49. The maximum Gasteiger partial charge on any atom is 0.172 e. The molecule has 2 aromatic rings. The van der Waals surface area contributed by atoms with Crippen LogP contribution in [0.3, 0.4) is 0 Å². The zero-order valence-electron chi connectivity index (χ0n) is 8.55. The number of aromatic nitrogens is 2. The van der Waals surface area contributed by atoms with Crippen molar-refractivity contribution in [3.63, 3.8) is 0 Å². The number of imidazole rings is 1. The smallest absolute Gasteiger partial charge is 0.172 e. The number of carbonyl (C=O) groups excluding carboxylic acids is 1. The molecule has 0 atom stereocenters. The van der Waals surface area contributed by atoms with Gasteiger partial charge in [-0.15, -0.1) is 0 Å². The fourth-order valence-corrected chi connectivity index (χ4v) is 2.16. The lowest BCUT2D eigenvalue weighted by atomic mass is 10.2. The fraction of sp³-hybridized carbons (Fsp3) is 0.0909. The number of benzene rings is 1. The van der Waals surface area contributed by atoms with E-state index in [1.807, 2.05) is 17.8 Å². The van der Waals surface area contributed by atoms with Crippen molar-refractivity contribution >= 4 is 18.0 Å². The van der Waals surface area contributed by atoms with Gasteiger partial charge in [-0.1, -0.05) is 11.8 Å². The number of aryl methyl sites for hydroxylation is 1. The molecule has 0 amide bonds. The molecule has 0 spiro atoms. The summed E-state index contributed by atoms with van der Waals surface area (Å²) in [6.07, 6.45) is 4.11. The third-order valence-electron chi connectivity index (χ3n) is 2.02. The minimum absolute atomic E-state index is 0.330. The molecule has 3 nitrogen and oxygen atoms in total. The molecule has 5 heteroatoms. The molecule has 1 heterocycles. The van der Waals surface area contributed by atoms with Crippen LogP contribution in [0.1, 0.15) is 10.4 Å². The number of aldehydes is 1. The molecular formula is C11H9FN2OS. The second-order valence-electron chi connectivity index (χ2n) is 3.26. The number of hydrogen-bond donors (Lipinski definition) is 0. The number of hydrogen-bond acceptors (Lipinski definition) is 3. The van der Waals surface area contributed by atoms with Gasteiger partial charge in [-0.05, 0) is 18.2 Å². The molecule has 0 N–H and O–H groups in total. The summed E-state index contributed by atoms with van der Waals surface area (Å²) >= 11 is 1.32.